The zero-order valence-corrected chi connectivity index (χ0v) is 10.2. The Hall–Kier alpha value is -2.29. The van der Waals surface area contributed by atoms with E-state index in [-0.39, 0.29) is 0 Å². The van der Waals surface area contributed by atoms with Crippen LogP contribution >= 0.6 is 0 Å². The first-order chi connectivity index (χ1) is 8.86. The van der Waals surface area contributed by atoms with Crippen molar-refractivity contribution in [1.82, 2.24) is 9.97 Å². The van der Waals surface area contributed by atoms with Crippen molar-refractivity contribution in [2.45, 2.75) is 6.92 Å². The van der Waals surface area contributed by atoms with Crippen LogP contribution in [0.15, 0.2) is 48.8 Å². The van der Waals surface area contributed by atoms with Gasteiger partial charge in [-0.3, -0.25) is 4.98 Å². The number of H-pyrrole nitrogens is 1. The van der Waals surface area contributed by atoms with Crippen molar-refractivity contribution in [3.05, 3.63) is 48.8 Å². The fourth-order valence-corrected chi connectivity index (χ4v) is 2.05. The smallest absolute Gasteiger partial charge is 0.120 e. The molecular formula is C15H14N2O. The molecule has 0 spiro atoms. The molecule has 0 aliphatic carbocycles. The summed E-state index contributed by atoms with van der Waals surface area (Å²) in [6, 6.07) is 12.2. The van der Waals surface area contributed by atoms with Crippen LogP contribution in [0.3, 0.4) is 0 Å². The molecular weight excluding hydrogens is 224 g/mol. The van der Waals surface area contributed by atoms with Gasteiger partial charge >= 0.3 is 0 Å². The van der Waals surface area contributed by atoms with Crippen LogP contribution in [0, 0.1) is 0 Å². The van der Waals surface area contributed by atoms with Gasteiger partial charge < -0.3 is 9.72 Å². The lowest BCUT2D eigenvalue weighted by Crippen LogP contribution is -1.90. The minimum Gasteiger partial charge on any atom is -0.494 e. The number of nitrogens with one attached hydrogen (secondary N) is 1. The first-order valence-corrected chi connectivity index (χ1v) is 6.03. The SMILES string of the molecule is CCOc1ccc2[nH]c(-c3ccncc3)cc2c1. The van der Waals surface area contributed by atoms with Crippen molar-refractivity contribution in [2.75, 3.05) is 6.61 Å². The van der Waals surface area contributed by atoms with Crippen LogP contribution in [-0.2, 0) is 0 Å². The first-order valence-electron chi connectivity index (χ1n) is 6.03. The Bertz CT molecular complexity index is 659. The third kappa shape index (κ3) is 1.95. The summed E-state index contributed by atoms with van der Waals surface area (Å²) in [7, 11) is 0. The van der Waals surface area contributed by atoms with Crippen LogP contribution in [0.2, 0.25) is 0 Å². The van der Waals surface area contributed by atoms with Crippen LogP contribution in [0.5, 0.6) is 5.75 Å². The molecule has 0 bridgehead atoms. The largest absolute Gasteiger partial charge is 0.494 e. The third-order valence-corrected chi connectivity index (χ3v) is 2.89. The number of hydrogen-bond donors (Lipinski definition) is 1. The molecule has 1 aromatic carbocycles. The number of ether oxygens (including phenoxy) is 1. The van der Waals surface area contributed by atoms with Crippen molar-refractivity contribution >= 4 is 10.9 Å². The minimum absolute atomic E-state index is 0.688. The number of aromatic nitrogens is 2. The summed E-state index contributed by atoms with van der Waals surface area (Å²) in [5, 5.41) is 1.16. The van der Waals surface area contributed by atoms with Gasteiger partial charge in [-0.25, -0.2) is 0 Å². The van der Waals surface area contributed by atoms with Crippen molar-refractivity contribution in [3.63, 3.8) is 0 Å². The Morgan fingerprint density at radius 2 is 1.94 bits per heavy atom. The van der Waals surface area contributed by atoms with E-state index in [1.807, 2.05) is 31.2 Å². The maximum Gasteiger partial charge on any atom is 0.120 e. The molecule has 1 N–H and O–H groups in total. The average Bonchev–Trinajstić information content (AvgIpc) is 2.83. The van der Waals surface area contributed by atoms with E-state index in [0.717, 1.165) is 27.9 Å². The molecule has 0 aliphatic rings. The van der Waals surface area contributed by atoms with Crippen LogP contribution in [-0.4, -0.2) is 16.6 Å². The molecule has 3 nitrogen and oxygen atoms in total. The molecule has 3 rings (SSSR count). The van der Waals surface area contributed by atoms with Crippen LogP contribution in [0.25, 0.3) is 22.2 Å². The molecule has 2 aromatic heterocycles. The zero-order chi connectivity index (χ0) is 12.4. The number of aromatic amines is 1. The van der Waals surface area contributed by atoms with Crippen molar-refractivity contribution in [2.24, 2.45) is 0 Å². The molecule has 18 heavy (non-hydrogen) atoms. The fourth-order valence-electron chi connectivity index (χ4n) is 2.05. The standard InChI is InChI=1S/C15H14N2O/c1-2-18-13-3-4-14-12(9-13)10-15(17-14)11-5-7-16-8-6-11/h3-10,17H,2H2,1H3. The Morgan fingerprint density at radius 1 is 1.11 bits per heavy atom. The maximum absolute atomic E-state index is 5.51. The van der Waals surface area contributed by atoms with Gasteiger partial charge in [0.1, 0.15) is 5.75 Å². The Kier molecular flexibility index (Phi) is 2.73. The molecule has 0 amide bonds. The van der Waals surface area contributed by atoms with Crippen LogP contribution in [0.4, 0.5) is 0 Å². The van der Waals surface area contributed by atoms with Crippen LogP contribution in [0.1, 0.15) is 6.92 Å². The highest BCUT2D eigenvalue weighted by Gasteiger charge is 2.04. The second-order valence-electron chi connectivity index (χ2n) is 4.10. The first kappa shape index (κ1) is 10.8. The summed E-state index contributed by atoms with van der Waals surface area (Å²) in [6.45, 7) is 2.68. The van der Waals surface area contributed by atoms with Crippen LogP contribution < -0.4 is 4.74 Å². The molecule has 0 saturated carbocycles. The lowest BCUT2D eigenvalue weighted by Gasteiger charge is -2.01. The topological polar surface area (TPSA) is 37.9 Å². The lowest BCUT2D eigenvalue weighted by atomic mass is 10.2. The lowest BCUT2D eigenvalue weighted by molar-refractivity contribution is 0.341. The second kappa shape index (κ2) is 4.53. The van der Waals surface area contributed by atoms with E-state index in [4.69, 9.17) is 4.74 Å². The number of rotatable bonds is 3. The minimum atomic E-state index is 0.688. The number of hydrogen-bond acceptors (Lipinski definition) is 2. The molecule has 90 valence electrons. The summed E-state index contributed by atoms with van der Waals surface area (Å²) in [5.41, 5.74) is 3.35. The number of nitrogens with zero attached hydrogens (tertiary/aromatic N) is 1. The van der Waals surface area contributed by atoms with E-state index >= 15 is 0 Å². The van der Waals surface area contributed by atoms with Crippen molar-refractivity contribution in [3.8, 4) is 17.0 Å². The highest BCUT2D eigenvalue weighted by atomic mass is 16.5. The second-order valence-corrected chi connectivity index (χ2v) is 4.10. The third-order valence-electron chi connectivity index (χ3n) is 2.89. The molecule has 0 unspecified atom stereocenters. The summed E-state index contributed by atoms with van der Waals surface area (Å²) in [6.07, 6.45) is 3.60. The molecule has 0 saturated heterocycles. The average molecular weight is 238 g/mol. The monoisotopic (exact) mass is 238 g/mol. The summed E-state index contributed by atoms with van der Waals surface area (Å²) in [4.78, 5) is 7.43. The molecule has 0 fully saturated rings. The molecule has 0 aliphatic heterocycles. The van der Waals surface area contributed by atoms with Gasteiger partial charge in [-0.05, 0) is 43.3 Å². The van der Waals surface area contributed by atoms with Gasteiger partial charge in [0.15, 0.2) is 0 Å². The van der Waals surface area contributed by atoms with Gasteiger partial charge in [0.05, 0.1) is 6.61 Å². The molecule has 3 heteroatoms. The molecule has 0 atom stereocenters. The van der Waals surface area contributed by atoms with Gasteiger partial charge in [-0.15, -0.1) is 0 Å². The van der Waals surface area contributed by atoms with E-state index in [1.54, 1.807) is 12.4 Å². The Balaban J connectivity index is 2.06. The molecule has 2 heterocycles. The van der Waals surface area contributed by atoms with E-state index in [1.165, 1.54) is 0 Å². The Morgan fingerprint density at radius 3 is 2.72 bits per heavy atom. The normalized spacial score (nSPS) is 10.7. The number of fused-ring (bicyclic) bond motifs is 1. The van der Waals surface area contributed by atoms with E-state index in [2.05, 4.69) is 22.1 Å². The predicted molar refractivity (Wildman–Crippen MR) is 72.7 cm³/mol. The fraction of sp³-hybridized carbons (Fsp3) is 0.133. The van der Waals surface area contributed by atoms with Crippen molar-refractivity contribution < 1.29 is 4.74 Å². The van der Waals surface area contributed by atoms with E-state index < -0.39 is 0 Å². The van der Waals surface area contributed by atoms with Crippen molar-refractivity contribution in [1.29, 1.82) is 0 Å². The van der Waals surface area contributed by atoms with Gasteiger partial charge in [0.2, 0.25) is 0 Å². The maximum atomic E-state index is 5.51. The number of pyridine rings is 1. The summed E-state index contributed by atoms with van der Waals surface area (Å²) >= 11 is 0. The highest BCUT2D eigenvalue weighted by molar-refractivity contribution is 5.86. The van der Waals surface area contributed by atoms with Gasteiger partial charge in [0.25, 0.3) is 0 Å². The van der Waals surface area contributed by atoms with Gasteiger partial charge in [-0.1, -0.05) is 0 Å². The quantitative estimate of drug-likeness (QED) is 0.756. The highest BCUT2D eigenvalue weighted by Crippen LogP contribution is 2.26. The summed E-state index contributed by atoms with van der Waals surface area (Å²) < 4.78 is 5.51. The van der Waals surface area contributed by atoms with Gasteiger partial charge in [0, 0.05) is 34.6 Å². The molecule has 3 aromatic rings. The van der Waals surface area contributed by atoms with Gasteiger partial charge in [-0.2, -0.15) is 0 Å². The van der Waals surface area contributed by atoms with E-state index in [0.29, 0.717) is 6.61 Å². The predicted octanol–water partition coefficient (Wildman–Crippen LogP) is 3.63. The molecule has 0 radical (unpaired) electrons. The zero-order valence-electron chi connectivity index (χ0n) is 10.2. The van der Waals surface area contributed by atoms with E-state index in [9.17, 15) is 0 Å². The summed E-state index contributed by atoms with van der Waals surface area (Å²) in [5.74, 6) is 0.908. The Labute approximate surface area is 105 Å². The number of benzene rings is 1.